The summed E-state index contributed by atoms with van der Waals surface area (Å²) in [7, 11) is 1.61. The quantitative estimate of drug-likeness (QED) is 0.265. The number of rotatable bonds is 9. The third kappa shape index (κ3) is 5.62. The van der Waals surface area contributed by atoms with Gasteiger partial charge in [0, 0.05) is 16.9 Å². The number of anilines is 1. The number of benzene rings is 3. The van der Waals surface area contributed by atoms with E-state index in [4.69, 9.17) is 4.74 Å². The fourth-order valence-corrected chi connectivity index (χ4v) is 4.17. The van der Waals surface area contributed by atoms with E-state index in [0.29, 0.717) is 17.3 Å². The second-order valence-electron chi connectivity index (χ2n) is 7.73. The molecule has 168 valence electrons. The number of ketones is 1. The standard InChI is InChI=1S/C26H26N4O2S/c1-18-4-10-21(11-5-18)27-16-25-28-29-26(30(25)22-12-6-19(2)7-13-22)33-17-24(31)20-8-14-23(32-3)15-9-20/h4-15,27H,16-17H2,1-3H3. The fraction of sp³-hybridized carbons (Fsp3) is 0.192. The number of carbonyl (C=O) groups is 1. The second kappa shape index (κ2) is 10.4. The molecule has 7 heteroatoms. The summed E-state index contributed by atoms with van der Waals surface area (Å²) < 4.78 is 7.18. The maximum atomic E-state index is 12.7. The monoisotopic (exact) mass is 458 g/mol. The van der Waals surface area contributed by atoms with Gasteiger partial charge < -0.3 is 10.1 Å². The minimum absolute atomic E-state index is 0.0282. The zero-order valence-electron chi connectivity index (χ0n) is 18.9. The summed E-state index contributed by atoms with van der Waals surface area (Å²) in [6.45, 7) is 4.63. The van der Waals surface area contributed by atoms with Gasteiger partial charge in [-0.1, -0.05) is 47.2 Å². The molecule has 4 aromatic rings. The number of hydrogen-bond acceptors (Lipinski definition) is 6. The van der Waals surface area contributed by atoms with Crippen LogP contribution in [0.5, 0.6) is 5.75 Å². The first-order valence-corrected chi connectivity index (χ1v) is 11.6. The molecule has 0 saturated heterocycles. The van der Waals surface area contributed by atoms with E-state index in [9.17, 15) is 4.79 Å². The molecule has 6 nitrogen and oxygen atoms in total. The van der Waals surface area contributed by atoms with Gasteiger partial charge in [0.25, 0.3) is 0 Å². The predicted octanol–water partition coefficient (Wildman–Crippen LogP) is 5.48. The maximum Gasteiger partial charge on any atom is 0.196 e. The Balaban J connectivity index is 1.54. The summed E-state index contributed by atoms with van der Waals surface area (Å²) in [5, 5.41) is 12.9. The van der Waals surface area contributed by atoms with Crippen molar-refractivity contribution >= 4 is 23.2 Å². The molecule has 33 heavy (non-hydrogen) atoms. The van der Waals surface area contributed by atoms with Gasteiger partial charge in [-0.15, -0.1) is 10.2 Å². The van der Waals surface area contributed by atoms with Crippen molar-refractivity contribution in [1.29, 1.82) is 0 Å². The fourth-order valence-electron chi connectivity index (χ4n) is 3.30. The molecule has 0 saturated carbocycles. The summed E-state index contributed by atoms with van der Waals surface area (Å²) in [5.41, 5.74) is 5.01. The Morgan fingerprint density at radius 1 is 0.909 bits per heavy atom. The highest BCUT2D eigenvalue weighted by Gasteiger charge is 2.16. The predicted molar refractivity (Wildman–Crippen MR) is 133 cm³/mol. The molecule has 0 aliphatic rings. The van der Waals surface area contributed by atoms with Crippen LogP contribution in [-0.2, 0) is 6.54 Å². The first kappa shape index (κ1) is 22.6. The molecule has 1 heterocycles. The van der Waals surface area contributed by atoms with Crippen LogP contribution in [0.4, 0.5) is 5.69 Å². The van der Waals surface area contributed by atoms with E-state index in [0.717, 1.165) is 22.9 Å². The van der Waals surface area contributed by atoms with E-state index in [-0.39, 0.29) is 11.5 Å². The van der Waals surface area contributed by atoms with Gasteiger partial charge in [-0.25, -0.2) is 0 Å². The highest BCUT2D eigenvalue weighted by molar-refractivity contribution is 7.99. The van der Waals surface area contributed by atoms with Crippen LogP contribution < -0.4 is 10.1 Å². The number of aryl methyl sites for hydroxylation is 2. The lowest BCUT2D eigenvalue weighted by Gasteiger charge is -2.12. The Morgan fingerprint density at radius 3 is 2.18 bits per heavy atom. The van der Waals surface area contributed by atoms with Gasteiger partial charge in [0.1, 0.15) is 5.75 Å². The lowest BCUT2D eigenvalue weighted by atomic mass is 10.1. The van der Waals surface area contributed by atoms with Gasteiger partial charge in [0.05, 0.1) is 19.4 Å². The lowest BCUT2D eigenvalue weighted by Crippen LogP contribution is -2.09. The van der Waals surface area contributed by atoms with Crippen LogP contribution in [0.3, 0.4) is 0 Å². The first-order valence-electron chi connectivity index (χ1n) is 10.7. The van der Waals surface area contributed by atoms with Crippen LogP contribution in [0.15, 0.2) is 78.0 Å². The number of Topliss-reactive ketones (excluding diaryl/α,β-unsaturated/α-hetero) is 1. The Morgan fingerprint density at radius 2 is 1.55 bits per heavy atom. The molecule has 4 rings (SSSR count). The number of hydrogen-bond donors (Lipinski definition) is 1. The van der Waals surface area contributed by atoms with Crippen molar-refractivity contribution in [3.05, 3.63) is 95.3 Å². The van der Waals surface area contributed by atoms with Crippen molar-refractivity contribution in [2.24, 2.45) is 0 Å². The van der Waals surface area contributed by atoms with Crippen LogP contribution in [0, 0.1) is 13.8 Å². The number of carbonyl (C=O) groups excluding carboxylic acids is 1. The number of thioether (sulfide) groups is 1. The van der Waals surface area contributed by atoms with Gasteiger partial charge in [-0.05, 0) is 62.4 Å². The summed E-state index contributed by atoms with van der Waals surface area (Å²) in [6.07, 6.45) is 0. The van der Waals surface area contributed by atoms with Crippen LogP contribution in [-0.4, -0.2) is 33.4 Å². The van der Waals surface area contributed by atoms with Gasteiger partial charge in [0.15, 0.2) is 16.8 Å². The van der Waals surface area contributed by atoms with E-state index in [2.05, 4.69) is 53.6 Å². The minimum Gasteiger partial charge on any atom is -0.497 e. The van der Waals surface area contributed by atoms with Crippen molar-refractivity contribution in [3.63, 3.8) is 0 Å². The van der Waals surface area contributed by atoms with Crippen molar-refractivity contribution in [3.8, 4) is 11.4 Å². The van der Waals surface area contributed by atoms with Crippen LogP contribution in [0.1, 0.15) is 27.3 Å². The molecule has 1 aromatic heterocycles. The summed E-state index contributed by atoms with van der Waals surface area (Å²) >= 11 is 1.38. The van der Waals surface area contributed by atoms with Gasteiger partial charge in [-0.3, -0.25) is 9.36 Å². The molecule has 0 spiro atoms. The number of ether oxygens (including phenoxy) is 1. The van der Waals surface area contributed by atoms with Crippen molar-refractivity contribution < 1.29 is 9.53 Å². The van der Waals surface area contributed by atoms with Crippen LogP contribution in [0.2, 0.25) is 0 Å². The molecule has 0 fully saturated rings. The number of nitrogens with one attached hydrogen (secondary N) is 1. The van der Waals surface area contributed by atoms with Crippen molar-refractivity contribution in [2.45, 2.75) is 25.5 Å². The third-order valence-electron chi connectivity index (χ3n) is 5.24. The average molecular weight is 459 g/mol. The number of methoxy groups -OCH3 is 1. The van der Waals surface area contributed by atoms with Crippen molar-refractivity contribution in [2.75, 3.05) is 18.2 Å². The highest BCUT2D eigenvalue weighted by Crippen LogP contribution is 2.24. The van der Waals surface area contributed by atoms with Crippen LogP contribution >= 0.6 is 11.8 Å². The maximum absolute atomic E-state index is 12.7. The number of aromatic nitrogens is 3. The average Bonchev–Trinajstić information content (AvgIpc) is 3.25. The molecule has 0 atom stereocenters. The molecule has 0 unspecified atom stereocenters. The SMILES string of the molecule is COc1ccc(C(=O)CSc2nnc(CNc3ccc(C)cc3)n2-c2ccc(C)cc2)cc1. The molecule has 1 N–H and O–H groups in total. The van der Waals surface area contributed by atoms with E-state index in [1.807, 2.05) is 28.8 Å². The Bertz CT molecular complexity index is 1220. The Kier molecular flexibility index (Phi) is 7.10. The topological polar surface area (TPSA) is 69.0 Å². The van der Waals surface area contributed by atoms with E-state index >= 15 is 0 Å². The van der Waals surface area contributed by atoms with Gasteiger partial charge in [0.2, 0.25) is 0 Å². The summed E-state index contributed by atoms with van der Waals surface area (Å²) in [5.74, 6) is 1.80. The summed E-state index contributed by atoms with van der Waals surface area (Å²) in [6, 6.07) is 23.6. The molecule has 0 aliphatic carbocycles. The lowest BCUT2D eigenvalue weighted by molar-refractivity contribution is 0.102. The molecule has 0 radical (unpaired) electrons. The smallest absolute Gasteiger partial charge is 0.196 e. The third-order valence-corrected chi connectivity index (χ3v) is 6.17. The first-order chi connectivity index (χ1) is 16.0. The number of nitrogens with zero attached hydrogens (tertiary/aromatic N) is 3. The Labute approximate surface area is 198 Å². The second-order valence-corrected chi connectivity index (χ2v) is 8.67. The largest absolute Gasteiger partial charge is 0.497 e. The van der Waals surface area contributed by atoms with E-state index < -0.39 is 0 Å². The van der Waals surface area contributed by atoms with Gasteiger partial charge >= 0.3 is 0 Å². The minimum atomic E-state index is 0.0282. The van der Waals surface area contributed by atoms with Crippen LogP contribution in [0.25, 0.3) is 5.69 Å². The van der Waals surface area contributed by atoms with E-state index in [1.54, 1.807) is 31.4 Å². The molecular formula is C26H26N4O2S. The summed E-state index contributed by atoms with van der Waals surface area (Å²) in [4.78, 5) is 12.7. The van der Waals surface area contributed by atoms with Gasteiger partial charge in [-0.2, -0.15) is 0 Å². The molecule has 0 bridgehead atoms. The zero-order chi connectivity index (χ0) is 23.2. The molecule has 0 amide bonds. The normalized spacial score (nSPS) is 10.8. The zero-order valence-corrected chi connectivity index (χ0v) is 19.7. The molecule has 0 aliphatic heterocycles. The van der Waals surface area contributed by atoms with E-state index in [1.165, 1.54) is 22.9 Å². The molecule has 3 aromatic carbocycles. The Hall–Kier alpha value is -3.58. The van der Waals surface area contributed by atoms with Crippen molar-refractivity contribution in [1.82, 2.24) is 14.8 Å². The highest BCUT2D eigenvalue weighted by atomic mass is 32.2. The molecular weight excluding hydrogens is 432 g/mol.